The number of carbonyl (C=O) groups excluding carboxylic acids is 1. The van der Waals surface area contributed by atoms with Crippen LogP contribution in [0.25, 0.3) is 16.2 Å². The highest BCUT2D eigenvalue weighted by atomic mass is 35.5. The molecule has 0 saturated heterocycles. The van der Waals surface area contributed by atoms with Crippen molar-refractivity contribution in [2.45, 2.75) is 26.1 Å². The number of hydrogen-bond acceptors (Lipinski definition) is 5. The zero-order valence-corrected chi connectivity index (χ0v) is 20.6. The van der Waals surface area contributed by atoms with Crippen LogP contribution in [-0.2, 0) is 19.1 Å². The molecule has 0 unspecified atom stereocenters. The molecule has 1 amide bonds. The highest BCUT2D eigenvalue weighted by Gasteiger charge is 2.36. The summed E-state index contributed by atoms with van der Waals surface area (Å²) in [5.74, 6) is -1.18. The highest BCUT2D eigenvalue weighted by Crippen LogP contribution is 2.34. The van der Waals surface area contributed by atoms with Crippen LogP contribution >= 0.6 is 22.9 Å². The summed E-state index contributed by atoms with van der Waals surface area (Å²) < 4.78 is 57.6. The molecule has 0 aliphatic rings. The van der Waals surface area contributed by atoms with Crippen LogP contribution < -0.4 is 5.32 Å². The van der Waals surface area contributed by atoms with Crippen molar-refractivity contribution in [2.24, 2.45) is 0 Å². The lowest BCUT2D eigenvalue weighted by molar-refractivity contribution is -0.142. The van der Waals surface area contributed by atoms with E-state index >= 15 is 0 Å². The topological polar surface area (TPSA) is 77.1 Å². The number of hydrogen-bond donors (Lipinski definition) is 1. The third kappa shape index (κ3) is 5.07. The van der Waals surface area contributed by atoms with Gasteiger partial charge in [-0.15, -0.1) is 11.3 Å². The molecule has 0 saturated carbocycles. The molecule has 0 aliphatic carbocycles. The molecule has 7 nitrogen and oxygen atoms in total. The first-order valence-corrected chi connectivity index (χ1v) is 12.2. The van der Waals surface area contributed by atoms with Crippen molar-refractivity contribution in [1.29, 1.82) is 0 Å². The smallest absolute Gasteiger partial charge is 0.304 e. The Labute approximate surface area is 216 Å². The molecule has 1 N–H and O–H groups in total. The standard InChI is InChI=1S/C24H17ClF4N6OS/c1-2-13-6-7-19(37-13)17-10-20(24(27,28)29)35-22(30-17)11-18(32-35)23(36)31-21-8-9-34(33-21)12-14-15(25)4-3-5-16(14)26/h3-11H,2,12H2,1H3,(H,31,33,36). The SMILES string of the molecule is CCc1ccc(-c2cc(C(F)(F)F)n3nc(C(=O)Nc4ccn(Cc5c(F)cccc5Cl)n4)cc3n2)s1. The number of amides is 1. The Kier molecular flexibility index (Phi) is 6.46. The summed E-state index contributed by atoms with van der Waals surface area (Å²) in [5, 5.41) is 10.7. The van der Waals surface area contributed by atoms with Crippen molar-refractivity contribution in [2.75, 3.05) is 5.32 Å². The van der Waals surface area contributed by atoms with E-state index in [1.807, 2.05) is 13.0 Å². The number of nitrogens with one attached hydrogen (secondary N) is 1. The zero-order valence-electron chi connectivity index (χ0n) is 19.1. The quantitative estimate of drug-likeness (QED) is 0.252. The van der Waals surface area contributed by atoms with Gasteiger partial charge in [-0.25, -0.2) is 13.9 Å². The van der Waals surface area contributed by atoms with Crippen LogP contribution in [-0.4, -0.2) is 30.3 Å². The van der Waals surface area contributed by atoms with E-state index in [1.54, 1.807) is 12.1 Å². The Morgan fingerprint density at radius 2 is 1.95 bits per heavy atom. The lowest BCUT2D eigenvalue weighted by Crippen LogP contribution is -2.16. The van der Waals surface area contributed by atoms with Crippen LogP contribution in [0.2, 0.25) is 5.02 Å². The van der Waals surface area contributed by atoms with Crippen LogP contribution in [0.4, 0.5) is 23.4 Å². The molecule has 0 aliphatic heterocycles. The van der Waals surface area contributed by atoms with Crippen molar-refractivity contribution in [3.05, 3.63) is 87.4 Å². The average molecular weight is 549 g/mol. The van der Waals surface area contributed by atoms with Crippen molar-refractivity contribution in [1.82, 2.24) is 24.4 Å². The second kappa shape index (κ2) is 9.60. The number of carbonyl (C=O) groups is 1. The van der Waals surface area contributed by atoms with E-state index in [4.69, 9.17) is 11.6 Å². The van der Waals surface area contributed by atoms with Gasteiger partial charge in [-0.2, -0.15) is 23.4 Å². The van der Waals surface area contributed by atoms with Crippen LogP contribution in [0.15, 0.2) is 54.7 Å². The summed E-state index contributed by atoms with van der Waals surface area (Å²) in [6, 6.07) is 11.4. The van der Waals surface area contributed by atoms with Gasteiger partial charge >= 0.3 is 6.18 Å². The second-order valence-electron chi connectivity index (χ2n) is 8.00. The normalized spacial score (nSPS) is 11.8. The number of alkyl halides is 3. The molecular formula is C24H17ClF4N6OS. The third-order valence-electron chi connectivity index (χ3n) is 5.48. The second-order valence-corrected chi connectivity index (χ2v) is 9.57. The first-order valence-electron chi connectivity index (χ1n) is 11.0. The predicted molar refractivity (Wildman–Crippen MR) is 131 cm³/mol. The van der Waals surface area contributed by atoms with Crippen LogP contribution in [0.1, 0.15) is 33.5 Å². The van der Waals surface area contributed by atoms with E-state index in [9.17, 15) is 22.4 Å². The molecule has 190 valence electrons. The molecule has 0 fully saturated rings. The van der Waals surface area contributed by atoms with E-state index in [-0.39, 0.29) is 40.0 Å². The molecule has 0 spiro atoms. The number of benzene rings is 1. The molecule has 0 atom stereocenters. The summed E-state index contributed by atoms with van der Waals surface area (Å²) in [6.07, 6.45) is -2.48. The molecule has 4 aromatic heterocycles. The Morgan fingerprint density at radius 3 is 2.65 bits per heavy atom. The molecule has 0 radical (unpaired) electrons. The molecule has 5 rings (SSSR count). The minimum absolute atomic E-state index is 0.0137. The van der Waals surface area contributed by atoms with Crippen LogP contribution in [0.3, 0.4) is 0 Å². The zero-order chi connectivity index (χ0) is 26.3. The van der Waals surface area contributed by atoms with Gasteiger partial charge in [0, 0.05) is 33.8 Å². The molecule has 37 heavy (non-hydrogen) atoms. The molecule has 1 aromatic carbocycles. The lowest BCUT2D eigenvalue weighted by atomic mass is 10.2. The Balaban J connectivity index is 1.42. The van der Waals surface area contributed by atoms with Gasteiger partial charge in [0.15, 0.2) is 22.9 Å². The van der Waals surface area contributed by atoms with Gasteiger partial charge in [0.05, 0.1) is 17.1 Å². The van der Waals surface area contributed by atoms with E-state index in [2.05, 4.69) is 20.5 Å². The number of thiophene rings is 1. The van der Waals surface area contributed by atoms with Gasteiger partial charge in [-0.3, -0.25) is 9.48 Å². The fourth-order valence-electron chi connectivity index (χ4n) is 3.66. The maximum absolute atomic E-state index is 14.1. The van der Waals surface area contributed by atoms with Crippen molar-refractivity contribution in [3.8, 4) is 10.6 Å². The summed E-state index contributed by atoms with van der Waals surface area (Å²) in [4.78, 5) is 18.7. The van der Waals surface area contributed by atoms with E-state index in [0.29, 0.717) is 9.39 Å². The first-order chi connectivity index (χ1) is 17.6. The summed E-state index contributed by atoms with van der Waals surface area (Å²) in [6.45, 7) is 1.97. The number of rotatable bonds is 6. The van der Waals surface area contributed by atoms with Gasteiger partial charge in [0.25, 0.3) is 5.91 Å². The predicted octanol–water partition coefficient (Wildman–Crippen LogP) is 6.33. The van der Waals surface area contributed by atoms with Crippen LogP contribution in [0.5, 0.6) is 0 Å². The first kappa shape index (κ1) is 24.9. The monoisotopic (exact) mass is 548 g/mol. The minimum Gasteiger partial charge on any atom is -0.304 e. The fourth-order valence-corrected chi connectivity index (χ4v) is 4.79. The van der Waals surface area contributed by atoms with E-state index in [1.165, 1.54) is 46.5 Å². The number of halogens is 5. The third-order valence-corrected chi connectivity index (χ3v) is 7.08. The number of aryl methyl sites for hydroxylation is 1. The maximum Gasteiger partial charge on any atom is 0.433 e. The van der Waals surface area contributed by atoms with Gasteiger partial charge in [0.1, 0.15) is 5.82 Å². The number of fused-ring (bicyclic) bond motifs is 1. The maximum atomic E-state index is 14.1. The average Bonchev–Trinajstić information content (AvgIpc) is 3.59. The van der Waals surface area contributed by atoms with Gasteiger partial charge in [0.2, 0.25) is 0 Å². The summed E-state index contributed by atoms with van der Waals surface area (Å²) >= 11 is 7.40. The molecule has 13 heteroatoms. The number of anilines is 1. The molecule has 4 heterocycles. The van der Waals surface area contributed by atoms with Gasteiger partial charge in [-0.1, -0.05) is 24.6 Å². The van der Waals surface area contributed by atoms with E-state index in [0.717, 1.165) is 17.4 Å². The molecular weight excluding hydrogens is 532 g/mol. The Morgan fingerprint density at radius 1 is 1.14 bits per heavy atom. The summed E-state index contributed by atoms with van der Waals surface area (Å²) in [5.41, 5.74) is -1.08. The highest BCUT2D eigenvalue weighted by molar-refractivity contribution is 7.15. The number of nitrogens with zero attached hydrogens (tertiary/aromatic N) is 5. The molecule has 0 bridgehead atoms. The lowest BCUT2D eigenvalue weighted by Gasteiger charge is -2.10. The minimum atomic E-state index is -4.73. The van der Waals surface area contributed by atoms with Gasteiger partial charge in [-0.05, 0) is 36.8 Å². The van der Waals surface area contributed by atoms with Crippen molar-refractivity contribution < 1.29 is 22.4 Å². The Bertz CT molecular complexity index is 1600. The van der Waals surface area contributed by atoms with Crippen LogP contribution in [0, 0.1) is 5.82 Å². The van der Waals surface area contributed by atoms with E-state index < -0.39 is 23.6 Å². The van der Waals surface area contributed by atoms with Crippen molar-refractivity contribution >= 4 is 40.3 Å². The van der Waals surface area contributed by atoms with Gasteiger partial charge < -0.3 is 5.32 Å². The largest absolute Gasteiger partial charge is 0.433 e. The number of aromatic nitrogens is 5. The summed E-state index contributed by atoms with van der Waals surface area (Å²) in [7, 11) is 0. The van der Waals surface area contributed by atoms with Crippen molar-refractivity contribution in [3.63, 3.8) is 0 Å². The Hall–Kier alpha value is -3.77. The fraction of sp³-hybridized carbons (Fsp3) is 0.167. The molecule has 5 aromatic rings.